The van der Waals surface area contributed by atoms with Crippen molar-refractivity contribution < 1.29 is 9.21 Å². The lowest BCUT2D eigenvalue weighted by Gasteiger charge is -2.19. The molecule has 0 radical (unpaired) electrons. The van der Waals surface area contributed by atoms with Gasteiger partial charge in [0.2, 0.25) is 0 Å². The summed E-state index contributed by atoms with van der Waals surface area (Å²) in [7, 11) is 0. The number of halogens is 1. The Bertz CT molecular complexity index is 1070. The fourth-order valence-corrected chi connectivity index (χ4v) is 4.17. The van der Waals surface area contributed by atoms with Crippen molar-refractivity contribution in [3.8, 4) is 0 Å². The summed E-state index contributed by atoms with van der Waals surface area (Å²) in [6, 6.07) is 10.9. The predicted octanol–water partition coefficient (Wildman–Crippen LogP) is 5.12. The van der Waals surface area contributed by atoms with Crippen molar-refractivity contribution in [2.45, 2.75) is 38.4 Å². The van der Waals surface area contributed by atoms with E-state index in [1.807, 2.05) is 57.2 Å². The summed E-state index contributed by atoms with van der Waals surface area (Å²) in [6.45, 7) is 5.90. The molecule has 0 bridgehead atoms. The summed E-state index contributed by atoms with van der Waals surface area (Å²) in [5.41, 5.74) is 4.68. The Morgan fingerprint density at radius 2 is 1.87 bits per heavy atom. The number of thioether (sulfide) groups is 1. The number of nitrogens with zero attached hydrogens (tertiary/aromatic N) is 4. The van der Waals surface area contributed by atoms with Gasteiger partial charge < -0.3 is 4.42 Å². The van der Waals surface area contributed by atoms with Gasteiger partial charge in [-0.2, -0.15) is 5.10 Å². The molecule has 1 aliphatic rings. The number of amides is 1. The van der Waals surface area contributed by atoms with Crippen LogP contribution in [0.5, 0.6) is 0 Å². The number of aromatic nitrogens is 2. The van der Waals surface area contributed by atoms with E-state index in [9.17, 15) is 4.79 Å². The Morgan fingerprint density at radius 3 is 2.50 bits per heavy atom. The fraction of sp³-hybridized carbons (Fsp3) is 0.273. The molecular weight excluding hydrogens is 420 g/mol. The lowest BCUT2D eigenvalue weighted by molar-refractivity contribution is -0.130. The van der Waals surface area contributed by atoms with Gasteiger partial charge in [0.05, 0.1) is 17.7 Å². The first-order valence-electron chi connectivity index (χ1n) is 9.56. The Labute approximate surface area is 184 Å². The van der Waals surface area contributed by atoms with Gasteiger partial charge in [0.15, 0.2) is 5.16 Å². The molecule has 154 valence electrons. The van der Waals surface area contributed by atoms with E-state index in [0.29, 0.717) is 22.4 Å². The van der Waals surface area contributed by atoms with Gasteiger partial charge in [-0.1, -0.05) is 35.5 Å². The standard InChI is InChI=1S/C22H21ClN4O2S/c1-13-14(2)24-22(25-15(13)3)30-12-21(28)27-19(20-5-4-10-29-20)11-18(26-27)16-6-8-17(23)9-7-16/h4-10,19H,11-12H2,1-3H3/t19-/m0/s1. The molecule has 0 saturated carbocycles. The lowest BCUT2D eigenvalue weighted by Crippen LogP contribution is -2.28. The monoisotopic (exact) mass is 440 g/mol. The summed E-state index contributed by atoms with van der Waals surface area (Å²) in [6.07, 6.45) is 2.18. The molecule has 3 aromatic rings. The zero-order valence-electron chi connectivity index (χ0n) is 16.9. The maximum absolute atomic E-state index is 13.1. The van der Waals surface area contributed by atoms with Crippen LogP contribution in [0.15, 0.2) is 57.3 Å². The molecule has 0 saturated heterocycles. The SMILES string of the molecule is Cc1nc(SCC(=O)N2N=C(c3ccc(Cl)cc3)C[C@H]2c2ccco2)nc(C)c1C. The molecule has 0 unspecified atom stereocenters. The highest BCUT2D eigenvalue weighted by molar-refractivity contribution is 7.99. The smallest absolute Gasteiger partial charge is 0.253 e. The van der Waals surface area contributed by atoms with Gasteiger partial charge >= 0.3 is 0 Å². The number of aryl methyl sites for hydroxylation is 2. The molecule has 6 nitrogen and oxygen atoms in total. The Balaban J connectivity index is 1.55. The Morgan fingerprint density at radius 1 is 1.17 bits per heavy atom. The van der Waals surface area contributed by atoms with E-state index in [4.69, 9.17) is 16.0 Å². The molecule has 1 aliphatic heterocycles. The zero-order valence-corrected chi connectivity index (χ0v) is 18.5. The van der Waals surface area contributed by atoms with Crippen LogP contribution in [-0.4, -0.2) is 32.3 Å². The van der Waals surface area contributed by atoms with Crippen molar-refractivity contribution in [3.63, 3.8) is 0 Å². The molecule has 0 aliphatic carbocycles. The maximum atomic E-state index is 13.1. The van der Waals surface area contributed by atoms with Gasteiger partial charge in [-0.15, -0.1) is 0 Å². The number of hydrogen-bond acceptors (Lipinski definition) is 6. The first kappa shape index (κ1) is 20.6. The minimum atomic E-state index is -0.277. The van der Waals surface area contributed by atoms with Crippen LogP contribution in [-0.2, 0) is 4.79 Å². The molecule has 3 heterocycles. The van der Waals surface area contributed by atoms with Crippen LogP contribution in [0.3, 0.4) is 0 Å². The second kappa shape index (κ2) is 8.62. The highest BCUT2D eigenvalue weighted by atomic mass is 35.5. The number of hydrogen-bond donors (Lipinski definition) is 0. The minimum Gasteiger partial charge on any atom is -0.467 e. The molecular formula is C22H21ClN4O2S. The Hall–Kier alpha value is -2.64. The number of benzene rings is 1. The van der Waals surface area contributed by atoms with E-state index in [0.717, 1.165) is 28.2 Å². The third kappa shape index (κ3) is 4.27. The second-order valence-electron chi connectivity index (χ2n) is 7.12. The van der Waals surface area contributed by atoms with Crippen LogP contribution in [0.1, 0.15) is 40.7 Å². The number of carbonyl (C=O) groups is 1. The molecule has 8 heteroatoms. The largest absolute Gasteiger partial charge is 0.467 e. The van der Waals surface area contributed by atoms with Crippen molar-refractivity contribution in [2.75, 3.05) is 5.75 Å². The normalized spacial score (nSPS) is 16.1. The second-order valence-corrected chi connectivity index (χ2v) is 8.50. The van der Waals surface area contributed by atoms with Gasteiger partial charge in [0.25, 0.3) is 5.91 Å². The van der Waals surface area contributed by atoms with E-state index >= 15 is 0 Å². The summed E-state index contributed by atoms with van der Waals surface area (Å²) < 4.78 is 5.59. The van der Waals surface area contributed by atoms with Crippen LogP contribution >= 0.6 is 23.4 Å². The minimum absolute atomic E-state index is 0.121. The summed E-state index contributed by atoms with van der Waals surface area (Å²) >= 11 is 7.32. The van der Waals surface area contributed by atoms with Crippen LogP contribution in [0.2, 0.25) is 5.02 Å². The summed E-state index contributed by atoms with van der Waals surface area (Å²) in [5, 5.41) is 7.40. The molecule has 1 atom stereocenters. The number of furan rings is 1. The quantitative estimate of drug-likeness (QED) is 0.406. The Kier molecular flexibility index (Phi) is 5.92. The number of carbonyl (C=O) groups excluding carboxylic acids is 1. The van der Waals surface area contributed by atoms with Crippen LogP contribution in [0.4, 0.5) is 0 Å². The van der Waals surface area contributed by atoms with Crippen molar-refractivity contribution in [1.29, 1.82) is 0 Å². The van der Waals surface area contributed by atoms with E-state index in [1.165, 1.54) is 16.8 Å². The van der Waals surface area contributed by atoms with Crippen LogP contribution in [0.25, 0.3) is 0 Å². The lowest BCUT2D eigenvalue weighted by atomic mass is 10.0. The topological polar surface area (TPSA) is 71.6 Å². The van der Waals surface area contributed by atoms with Gasteiger partial charge in [-0.3, -0.25) is 4.79 Å². The fourth-order valence-electron chi connectivity index (χ4n) is 3.26. The van der Waals surface area contributed by atoms with Gasteiger partial charge in [-0.05, 0) is 56.2 Å². The van der Waals surface area contributed by atoms with Crippen molar-refractivity contribution >= 4 is 35.0 Å². The van der Waals surface area contributed by atoms with E-state index in [1.54, 1.807) is 6.26 Å². The first-order valence-corrected chi connectivity index (χ1v) is 10.9. The van der Waals surface area contributed by atoms with E-state index in [2.05, 4.69) is 15.1 Å². The number of rotatable bonds is 5. The number of hydrazone groups is 1. The molecule has 0 spiro atoms. The maximum Gasteiger partial charge on any atom is 0.253 e. The average molecular weight is 441 g/mol. The summed E-state index contributed by atoms with van der Waals surface area (Å²) in [5.74, 6) is 0.778. The molecule has 0 N–H and O–H groups in total. The van der Waals surface area contributed by atoms with Crippen LogP contribution < -0.4 is 0 Å². The highest BCUT2D eigenvalue weighted by Crippen LogP contribution is 2.34. The molecule has 30 heavy (non-hydrogen) atoms. The van der Waals surface area contributed by atoms with E-state index < -0.39 is 0 Å². The van der Waals surface area contributed by atoms with Gasteiger partial charge in [0, 0.05) is 22.8 Å². The average Bonchev–Trinajstić information content (AvgIpc) is 3.40. The molecule has 2 aromatic heterocycles. The molecule has 1 amide bonds. The van der Waals surface area contributed by atoms with Gasteiger partial charge in [0.1, 0.15) is 11.8 Å². The van der Waals surface area contributed by atoms with Crippen molar-refractivity contribution in [3.05, 3.63) is 76.0 Å². The van der Waals surface area contributed by atoms with Crippen molar-refractivity contribution in [1.82, 2.24) is 15.0 Å². The van der Waals surface area contributed by atoms with Crippen molar-refractivity contribution in [2.24, 2.45) is 5.10 Å². The molecule has 1 aromatic carbocycles. The van der Waals surface area contributed by atoms with E-state index in [-0.39, 0.29) is 17.7 Å². The third-order valence-corrected chi connectivity index (χ3v) is 6.24. The highest BCUT2D eigenvalue weighted by Gasteiger charge is 2.34. The first-order chi connectivity index (χ1) is 14.4. The zero-order chi connectivity index (χ0) is 21.3. The van der Waals surface area contributed by atoms with Crippen LogP contribution in [0, 0.1) is 20.8 Å². The van der Waals surface area contributed by atoms with Gasteiger partial charge in [-0.25, -0.2) is 15.0 Å². The third-order valence-electron chi connectivity index (χ3n) is 5.15. The predicted molar refractivity (Wildman–Crippen MR) is 118 cm³/mol. The molecule has 4 rings (SSSR count). The summed E-state index contributed by atoms with van der Waals surface area (Å²) in [4.78, 5) is 22.0. The molecule has 0 fully saturated rings.